The largest absolute Gasteiger partial charge is 0.390 e. The second-order valence-electron chi connectivity index (χ2n) is 1.89. The normalized spacial score (nSPS) is 16.3. The fourth-order valence-electron chi connectivity index (χ4n) is 0.470. The fourth-order valence-corrected chi connectivity index (χ4v) is 0.936. The third kappa shape index (κ3) is 3.91. The molecule has 0 saturated carbocycles. The molecule has 6 nitrogen and oxygen atoms in total. The van der Waals surface area contributed by atoms with Crippen molar-refractivity contribution >= 4 is 16.9 Å². The van der Waals surface area contributed by atoms with Crippen LogP contribution in [-0.2, 0) is 20.0 Å². The summed E-state index contributed by atoms with van der Waals surface area (Å²) in [6.45, 7) is 1.20. The van der Waals surface area contributed by atoms with E-state index in [0.717, 1.165) is 0 Å². The van der Waals surface area contributed by atoms with Crippen molar-refractivity contribution in [1.29, 1.82) is 0 Å². The molecule has 0 heterocycles. The van der Waals surface area contributed by atoms with Crippen LogP contribution in [0.3, 0.4) is 0 Å². The molecule has 2 unspecified atom stereocenters. The van der Waals surface area contributed by atoms with Crippen LogP contribution < -0.4 is 5.73 Å². The number of amides is 1. The lowest BCUT2D eigenvalue weighted by atomic mass is 10.2. The van der Waals surface area contributed by atoms with Crippen LogP contribution >= 0.6 is 0 Å². The molecule has 0 bridgehead atoms. The van der Waals surface area contributed by atoms with E-state index in [1.165, 1.54) is 6.92 Å². The van der Waals surface area contributed by atoms with Crippen LogP contribution in [0.15, 0.2) is 0 Å². The maximum absolute atomic E-state index is 10.3. The molecule has 2 atom stereocenters. The minimum Gasteiger partial charge on any atom is -0.390 e. The van der Waals surface area contributed by atoms with Crippen molar-refractivity contribution in [1.82, 2.24) is 0 Å². The first kappa shape index (κ1) is 10.3. The van der Waals surface area contributed by atoms with Gasteiger partial charge in [-0.05, 0) is 6.92 Å². The van der Waals surface area contributed by atoms with Crippen LogP contribution in [-0.4, -0.2) is 31.6 Å². The number of carbonyl (C=O) groups is 1. The van der Waals surface area contributed by atoms with E-state index in [1.807, 2.05) is 0 Å². The predicted molar refractivity (Wildman–Crippen MR) is 36.1 cm³/mol. The fraction of sp³-hybridized carbons (Fsp3) is 0.750. The molecule has 0 spiro atoms. The van der Waals surface area contributed by atoms with Crippen LogP contribution in [0.2, 0.25) is 0 Å². The molecule has 7 heteroatoms. The summed E-state index contributed by atoms with van der Waals surface area (Å²) >= 11 is 0. The highest BCUT2D eigenvalue weighted by molar-refractivity contribution is 7.67. The molecule has 11 heavy (non-hydrogen) atoms. The maximum Gasteiger partial charge on any atom is 0.258 e. The van der Waals surface area contributed by atoms with Gasteiger partial charge in [0.25, 0.3) is 16.9 Å². The van der Waals surface area contributed by atoms with Gasteiger partial charge >= 0.3 is 0 Å². The van der Waals surface area contributed by atoms with Gasteiger partial charge in [0.2, 0.25) is 0 Å². The number of aliphatic hydroxyl groups excluding tert-OH is 1. The average molecular weight is 183 g/mol. The Labute approximate surface area is 65.1 Å². The number of thiol groups is 1. The molecule has 0 rings (SSSR count). The molecule has 0 aliphatic rings. The number of nitrogens with two attached hydrogens (primary N) is 1. The topological polar surface area (TPSA) is 107 Å². The van der Waals surface area contributed by atoms with Crippen LogP contribution in [0.1, 0.15) is 6.92 Å². The predicted octanol–water partition coefficient (Wildman–Crippen LogP) is -2.24. The summed E-state index contributed by atoms with van der Waals surface area (Å²) in [5.41, 5.74) is 4.69. The minimum atomic E-state index is -3.17. The lowest BCUT2D eigenvalue weighted by molar-refractivity contribution is -0.128. The Hall–Kier alpha value is -0.660. The number of hydrogen-bond acceptors (Lipinski definition) is 5. The highest BCUT2D eigenvalue weighted by Crippen LogP contribution is 1.97. The van der Waals surface area contributed by atoms with Gasteiger partial charge < -0.3 is 10.8 Å². The zero-order valence-corrected chi connectivity index (χ0v) is 6.65. The summed E-state index contributed by atoms with van der Waals surface area (Å²) < 4.78 is 23.8. The number of hydrogen-bond donors (Lipinski definition) is 3. The van der Waals surface area contributed by atoms with E-state index >= 15 is 0 Å². The zero-order chi connectivity index (χ0) is 9.02. The molecule has 0 fully saturated rings. The first-order valence-corrected chi connectivity index (χ1v) is 3.83. The standard InChI is InChI=1S/C4H9NO5S/c1-2(6)3(4(5)7)10-11(8)9/h2-3,6,11H,1H3,(H2,5,7). The van der Waals surface area contributed by atoms with Crippen LogP contribution in [0.25, 0.3) is 0 Å². The smallest absolute Gasteiger partial charge is 0.258 e. The van der Waals surface area contributed by atoms with E-state index in [4.69, 9.17) is 10.8 Å². The van der Waals surface area contributed by atoms with Gasteiger partial charge in [-0.3, -0.25) is 8.98 Å². The van der Waals surface area contributed by atoms with E-state index in [2.05, 4.69) is 4.18 Å². The third-order valence-corrected chi connectivity index (χ3v) is 1.32. The molecule has 0 aromatic heterocycles. The van der Waals surface area contributed by atoms with E-state index in [9.17, 15) is 13.2 Å². The van der Waals surface area contributed by atoms with Crippen molar-refractivity contribution < 1.29 is 22.5 Å². The van der Waals surface area contributed by atoms with Crippen molar-refractivity contribution in [3.05, 3.63) is 0 Å². The van der Waals surface area contributed by atoms with Crippen molar-refractivity contribution in [3.8, 4) is 0 Å². The van der Waals surface area contributed by atoms with Crippen LogP contribution in [0.4, 0.5) is 0 Å². The van der Waals surface area contributed by atoms with Crippen LogP contribution in [0.5, 0.6) is 0 Å². The minimum absolute atomic E-state index is 1.01. The van der Waals surface area contributed by atoms with Gasteiger partial charge in [-0.25, -0.2) is 8.42 Å². The first-order chi connectivity index (χ1) is 4.95. The summed E-state index contributed by atoms with van der Waals surface area (Å²) in [5.74, 6) is -1.01. The highest BCUT2D eigenvalue weighted by Gasteiger charge is 2.22. The molecular weight excluding hydrogens is 174 g/mol. The van der Waals surface area contributed by atoms with Crippen molar-refractivity contribution in [3.63, 3.8) is 0 Å². The van der Waals surface area contributed by atoms with Gasteiger partial charge in [0.05, 0.1) is 6.10 Å². The average Bonchev–Trinajstić information content (AvgIpc) is 1.81. The Morgan fingerprint density at radius 3 is 2.18 bits per heavy atom. The molecule has 66 valence electrons. The Morgan fingerprint density at radius 2 is 2.09 bits per heavy atom. The van der Waals surface area contributed by atoms with Crippen molar-refractivity contribution in [2.75, 3.05) is 0 Å². The Bertz CT molecular complexity index is 203. The molecule has 0 aliphatic heterocycles. The lowest BCUT2D eigenvalue weighted by Crippen LogP contribution is -2.39. The highest BCUT2D eigenvalue weighted by atomic mass is 32.2. The summed E-state index contributed by atoms with van der Waals surface area (Å²) in [6.07, 6.45) is -2.73. The van der Waals surface area contributed by atoms with E-state index in [0.29, 0.717) is 0 Å². The molecular formula is C4H9NO5S. The quantitative estimate of drug-likeness (QED) is 0.427. The van der Waals surface area contributed by atoms with Gasteiger partial charge in [0.1, 0.15) is 0 Å². The summed E-state index contributed by atoms with van der Waals surface area (Å²) in [6, 6.07) is 0. The first-order valence-electron chi connectivity index (χ1n) is 2.73. The van der Waals surface area contributed by atoms with E-state index in [-0.39, 0.29) is 0 Å². The second-order valence-corrected chi connectivity index (χ2v) is 2.55. The lowest BCUT2D eigenvalue weighted by Gasteiger charge is -2.11. The number of primary amides is 1. The molecule has 0 aliphatic carbocycles. The molecule has 1 amide bonds. The molecule has 0 saturated heterocycles. The zero-order valence-electron chi connectivity index (χ0n) is 5.76. The monoisotopic (exact) mass is 183 g/mol. The Balaban J connectivity index is 4.23. The SMILES string of the molecule is CC(O)C(O[SH](=O)=O)C(N)=O. The van der Waals surface area contributed by atoms with Gasteiger partial charge in [-0.2, -0.15) is 0 Å². The number of rotatable bonds is 4. The van der Waals surface area contributed by atoms with E-state index in [1.54, 1.807) is 0 Å². The summed E-state index contributed by atoms with van der Waals surface area (Å²) in [4.78, 5) is 10.3. The van der Waals surface area contributed by atoms with Crippen molar-refractivity contribution in [2.24, 2.45) is 5.73 Å². The Kier molecular flexibility index (Phi) is 4.01. The number of aliphatic hydroxyl groups is 1. The van der Waals surface area contributed by atoms with Gasteiger partial charge in [0.15, 0.2) is 6.10 Å². The second kappa shape index (κ2) is 4.27. The van der Waals surface area contributed by atoms with Gasteiger partial charge in [-0.1, -0.05) is 0 Å². The van der Waals surface area contributed by atoms with Gasteiger partial charge in [0, 0.05) is 0 Å². The van der Waals surface area contributed by atoms with Crippen molar-refractivity contribution in [2.45, 2.75) is 19.1 Å². The van der Waals surface area contributed by atoms with E-state index < -0.39 is 29.1 Å². The molecule has 0 aromatic rings. The van der Waals surface area contributed by atoms with Gasteiger partial charge in [-0.15, -0.1) is 0 Å². The third-order valence-electron chi connectivity index (χ3n) is 0.918. The molecule has 3 N–H and O–H groups in total. The maximum atomic E-state index is 10.3. The summed E-state index contributed by atoms with van der Waals surface area (Å²) in [5, 5.41) is 8.74. The Morgan fingerprint density at radius 1 is 1.64 bits per heavy atom. The molecule has 0 aromatic carbocycles. The number of carbonyl (C=O) groups excluding carboxylic acids is 1. The summed E-state index contributed by atoms with van der Waals surface area (Å²) in [7, 11) is -3.17. The van der Waals surface area contributed by atoms with Crippen LogP contribution in [0, 0.1) is 0 Å². The molecule has 0 radical (unpaired) electrons.